The summed E-state index contributed by atoms with van der Waals surface area (Å²) in [5.41, 5.74) is 1.47. The molecular weight excluding hydrogens is 330 g/mol. The largest absolute Gasteiger partial charge is 0.480 e. The molecule has 1 atom stereocenters. The van der Waals surface area contributed by atoms with Crippen LogP contribution in [0.3, 0.4) is 0 Å². The number of halogens is 1. The first kappa shape index (κ1) is 16.0. The molecule has 6 heteroatoms. The van der Waals surface area contributed by atoms with Gasteiger partial charge in [0.2, 0.25) is 0 Å². The van der Waals surface area contributed by atoms with Crippen LogP contribution in [0.15, 0.2) is 22.7 Å². The molecule has 104 valence electrons. The fourth-order valence-corrected chi connectivity index (χ4v) is 2.32. The fourth-order valence-electron chi connectivity index (χ4n) is 1.47. The number of carboxylic acid groups (broad SMARTS) is 1. The highest BCUT2D eigenvalue weighted by Gasteiger charge is 2.20. The monoisotopic (exact) mass is 345 g/mol. The number of amides is 1. The lowest BCUT2D eigenvalue weighted by molar-refractivity contribution is -0.139. The number of hydrogen-bond acceptors (Lipinski definition) is 3. The van der Waals surface area contributed by atoms with Crippen LogP contribution >= 0.6 is 27.7 Å². The lowest BCUT2D eigenvalue weighted by atomic mass is 10.1. The van der Waals surface area contributed by atoms with Crippen LogP contribution in [0.5, 0.6) is 0 Å². The van der Waals surface area contributed by atoms with Crippen LogP contribution in [0.25, 0.3) is 0 Å². The second-order valence-electron chi connectivity index (χ2n) is 4.11. The molecule has 0 aromatic heterocycles. The van der Waals surface area contributed by atoms with E-state index < -0.39 is 12.0 Å². The van der Waals surface area contributed by atoms with Gasteiger partial charge in [0.05, 0.1) is 0 Å². The van der Waals surface area contributed by atoms with E-state index in [1.807, 2.05) is 19.2 Å². The lowest BCUT2D eigenvalue weighted by Gasteiger charge is -2.14. The van der Waals surface area contributed by atoms with Crippen molar-refractivity contribution in [3.8, 4) is 0 Å². The normalized spacial score (nSPS) is 11.9. The lowest BCUT2D eigenvalue weighted by Crippen LogP contribution is -2.41. The summed E-state index contributed by atoms with van der Waals surface area (Å²) < 4.78 is 0.830. The number of carbonyl (C=O) groups is 2. The van der Waals surface area contributed by atoms with E-state index in [2.05, 4.69) is 21.2 Å². The van der Waals surface area contributed by atoms with E-state index in [1.165, 1.54) is 0 Å². The van der Waals surface area contributed by atoms with Crippen molar-refractivity contribution in [1.82, 2.24) is 5.32 Å². The Hall–Kier alpha value is -1.01. The zero-order chi connectivity index (χ0) is 14.4. The molecular formula is C13H16BrNO3S. The average Bonchev–Trinajstić information content (AvgIpc) is 2.37. The van der Waals surface area contributed by atoms with Crippen molar-refractivity contribution in [2.24, 2.45) is 0 Å². The standard InChI is InChI=1S/C13H16BrNO3S/c1-8-3-4-9(7-10(8)14)12(16)15-11(13(17)18)5-6-19-2/h3-4,7,11H,5-6H2,1-2H3,(H,15,16)(H,17,18)/t11-/m1/s1. The van der Waals surface area contributed by atoms with Crippen LogP contribution in [0.2, 0.25) is 0 Å². The van der Waals surface area contributed by atoms with Crippen molar-refractivity contribution in [1.29, 1.82) is 0 Å². The molecule has 0 aliphatic rings. The second kappa shape index (κ2) is 7.55. The minimum absolute atomic E-state index is 0.366. The second-order valence-corrected chi connectivity index (χ2v) is 5.95. The van der Waals surface area contributed by atoms with Crippen molar-refractivity contribution < 1.29 is 14.7 Å². The topological polar surface area (TPSA) is 66.4 Å². The number of rotatable bonds is 6. The smallest absolute Gasteiger partial charge is 0.326 e. The van der Waals surface area contributed by atoms with Crippen molar-refractivity contribution in [2.75, 3.05) is 12.0 Å². The molecule has 0 spiro atoms. The summed E-state index contributed by atoms with van der Waals surface area (Å²) in [4.78, 5) is 23.0. The molecule has 1 amide bonds. The van der Waals surface area contributed by atoms with Crippen LogP contribution < -0.4 is 5.32 Å². The summed E-state index contributed by atoms with van der Waals surface area (Å²) in [5.74, 6) is -0.683. The number of carboxylic acids is 1. The highest BCUT2D eigenvalue weighted by Crippen LogP contribution is 2.17. The molecule has 4 nitrogen and oxygen atoms in total. The molecule has 1 aromatic carbocycles. The van der Waals surface area contributed by atoms with Crippen molar-refractivity contribution in [2.45, 2.75) is 19.4 Å². The predicted molar refractivity (Wildman–Crippen MR) is 80.8 cm³/mol. The predicted octanol–water partition coefficient (Wildman–Crippen LogP) is 2.69. The summed E-state index contributed by atoms with van der Waals surface area (Å²) in [6.45, 7) is 1.92. The van der Waals surface area contributed by atoms with E-state index in [-0.39, 0.29) is 5.91 Å². The first-order chi connectivity index (χ1) is 8.95. The molecule has 0 fully saturated rings. The highest BCUT2D eigenvalue weighted by molar-refractivity contribution is 9.10. The van der Waals surface area contributed by atoms with Gasteiger partial charge in [-0.15, -0.1) is 0 Å². The van der Waals surface area contributed by atoms with Gasteiger partial charge < -0.3 is 10.4 Å². The van der Waals surface area contributed by atoms with Gasteiger partial charge in [0, 0.05) is 10.0 Å². The maximum atomic E-state index is 12.0. The maximum Gasteiger partial charge on any atom is 0.326 e. The van der Waals surface area contributed by atoms with Gasteiger partial charge in [-0.3, -0.25) is 4.79 Å². The summed E-state index contributed by atoms with van der Waals surface area (Å²) in [6, 6.07) is 4.34. The molecule has 0 aliphatic heterocycles. The number of benzene rings is 1. The Morgan fingerprint density at radius 1 is 1.47 bits per heavy atom. The van der Waals surface area contributed by atoms with Crippen molar-refractivity contribution >= 4 is 39.6 Å². The first-order valence-electron chi connectivity index (χ1n) is 5.74. The van der Waals surface area contributed by atoms with E-state index in [0.717, 1.165) is 10.0 Å². The fraction of sp³-hybridized carbons (Fsp3) is 0.385. The molecule has 0 saturated heterocycles. The van der Waals surface area contributed by atoms with Gasteiger partial charge in [0.15, 0.2) is 0 Å². The Kier molecular flexibility index (Phi) is 6.37. The minimum Gasteiger partial charge on any atom is -0.480 e. The molecule has 0 bridgehead atoms. The van der Waals surface area contributed by atoms with Crippen LogP contribution in [0, 0.1) is 6.92 Å². The molecule has 0 unspecified atom stereocenters. The average molecular weight is 346 g/mol. The molecule has 19 heavy (non-hydrogen) atoms. The van der Waals surface area contributed by atoms with Crippen LogP contribution in [0.4, 0.5) is 0 Å². The Labute approximate surface area is 125 Å². The van der Waals surface area contributed by atoms with E-state index in [9.17, 15) is 9.59 Å². The summed E-state index contributed by atoms with van der Waals surface area (Å²) in [6.07, 6.45) is 2.31. The molecule has 0 radical (unpaired) electrons. The highest BCUT2D eigenvalue weighted by atomic mass is 79.9. The summed E-state index contributed by atoms with van der Waals surface area (Å²) >= 11 is 4.90. The minimum atomic E-state index is -1.01. The number of aryl methyl sites for hydroxylation is 1. The number of nitrogens with one attached hydrogen (secondary N) is 1. The number of aliphatic carboxylic acids is 1. The van der Waals surface area contributed by atoms with Crippen LogP contribution in [0.1, 0.15) is 22.3 Å². The molecule has 0 heterocycles. The van der Waals surface area contributed by atoms with Gasteiger partial charge in [0.25, 0.3) is 5.91 Å². The maximum absolute atomic E-state index is 12.0. The molecule has 1 rings (SSSR count). The molecule has 1 aromatic rings. The van der Waals surface area contributed by atoms with E-state index in [4.69, 9.17) is 5.11 Å². The summed E-state index contributed by atoms with van der Waals surface area (Å²) in [5, 5.41) is 11.6. The number of thioether (sulfide) groups is 1. The zero-order valence-electron chi connectivity index (χ0n) is 10.8. The van der Waals surface area contributed by atoms with Gasteiger partial charge >= 0.3 is 5.97 Å². The van der Waals surface area contributed by atoms with E-state index in [0.29, 0.717) is 17.7 Å². The third-order valence-electron chi connectivity index (χ3n) is 2.65. The third kappa shape index (κ3) is 4.87. The molecule has 0 aliphatic carbocycles. The Morgan fingerprint density at radius 2 is 2.16 bits per heavy atom. The Morgan fingerprint density at radius 3 is 2.68 bits per heavy atom. The van der Waals surface area contributed by atoms with E-state index in [1.54, 1.807) is 23.9 Å². The van der Waals surface area contributed by atoms with Gasteiger partial charge in [-0.25, -0.2) is 4.79 Å². The van der Waals surface area contributed by atoms with Crippen molar-refractivity contribution in [3.63, 3.8) is 0 Å². The third-order valence-corrected chi connectivity index (χ3v) is 4.15. The molecule has 0 saturated carbocycles. The zero-order valence-corrected chi connectivity index (χ0v) is 13.2. The number of carbonyl (C=O) groups excluding carboxylic acids is 1. The quantitative estimate of drug-likeness (QED) is 0.831. The van der Waals surface area contributed by atoms with Crippen LogP contribution in [-0.2, 0) is 4.79 Å². The summed E-state index contributed by atoms with van der Waals surface area (Å²) in [7, 11) is 0. The van der Waals surface area contributed by atoms with Crippen LogP contribution in [-0.4, -0.2) is 35.0 Å². The molecule has 2 N–H and O–H groups in total. The van der Waals surface area contributed by atoms with Gasteiger partial charge in [-0.2, -0.15) is 11.8 Å². The SMILES string of the molecule is CSCC[C@@H](NC(=O)c1ccc(C)c(Br)c1)C(=O)O. The first-order valence-corrected chi connectivity index (χ1v) is 7.93. The van der Waals surface area contributed by atoms with Gasteiger partial charge in [0.1, 0.15) is 6.04 Å². The Bertz CT molecular complexity index is 479. The van der Waals surface area contributed by atoms with E-state index >= 15 is 0 Å². The Balaban J connectivity index is 2.75. The van der Waals surface area contributed by atoms with Crippen molar-refractivity contribution in [3.05, 3.63) is 33.8 Å². The van der Waals surface area contributed by atoms with Gasteiger partial charge in [-0.1, -0.05) is 22.0 Å². The number of hydrogen-bond donors (Lipinski definition) is 2. The van der Waals surface area contributed by atoms with Gasteiger partial charge in [-0.05, 0) is 43.0 Å².